The highest BCUT2D eigenvalue weighted by molar-refractivity contribution is 6.32. The van der Waals surface area contributed by atoms with Gasteiger partial charge in [-0.2, -0.15) is 0 Å². The van der Waals surface area contributed by atoms with Gasteiger partial charge in [0.2, 0.25) is 6.79 Å². The summed E-state index contributed by atoms with van der Waals surface area (Å²) in [5.41, 5.74) is 0.977. The molecule has 0 bridgehead atoms. The van der Waals surface area contributed by atoms with Gasteiger partial charge in [0.15, 0.2) is 11.5 Å². The number of ether oxygens (including phenoxy) is 2. The molecule has 0 saturated carbocycles. The Morgan fingerprint density at radius 3 is 2.67 bits per heavy atom. The molecule has 0 spiro atoms. The van der Waals surface area contributed by atoms with Crippen molar-refractivity contribution >= 4 is 11.6 Å². The standard InChI is InChI=1S/C12H14ClNO4/c13-8-1-7(2-11-12(8)18-6-17-11)3-14-4-9(15)10(16)5-14/h1-2,9-10,15-16H,3-6H2/t9-,10+. The smallest absolute Gasteiger partial charge is 0.231 e. The average molecular weight is 272 g/mol. The zero-order valence-electron chi connectivity index (χ0n) is 9.67. The number of rotatable bonds is 2. The van der Waals surface area contributed by atoms with Crippen LogP contribution in [0, 0.1) is 0 Å². The van der Waals surface area contributed by atoms with E-state index in [4.69, 9.17) is 21.1 Å². The summed E-state index contributed by atoms with van der Waals surface area (Å²) in [5.74, 6) is 1.24. The van der Waals surface area contributed by atoms with E-state index in [1.54, 1.807) is 0 Å². The van der Waals surface area contributed by atoms with Crippen molar-refractivity contribution in [3.63, 3.8) is 0 Å². The number of likely N-dealkylation sites (tertiary alicyclic amines) is 1. The van der Waals surface area contributed by atoms with Gasteiger partial charge in [-0.25, -0.2) is 0 Å². The molecule has 0 radical (unpaired) electrons. The lowest BCUT2D eigenvalue weighted by molar-refractivity contribution is 0.0572. The Balaban J connectivity index is 1.76. The summed E-state index contributed by atoms with van der Waals surface area (Å²) in [5, 5.41) is 19.5. The van der Waals surface area contributed by atoms with Gasteiger partial charge in [-0.3, -0.25) is 4.90 Å². The van der Waals surface area contributed by atoms with Crippen LogP contribution in [-0.2, 0) is 6.54 Å². The predicted octanol–water partition coefficient (Wildman–Crippen LogP) is 0.606. The van der Waals surface area contributed by atoms with Crippen molar-refractivity contribution in [2.75, 3.05) is 19.9 Å². The molecule has 2 N–H and O–H groups in total. The topological polar surface area (TPSA) is 62.2 Å². The Labute approximate surface area is 109 Å². The van der Waals surface area contributed by atoms with E-state index in [1.807, 2.05) is 17.0 Å². The minimum Gasteiger partial charge on any atom is -0.454 e. The summed E-state index contributed by atoms with van der Waals surface area (Å²) < 4.78 is 10.5. The van der Waals surface area contributed by atoms with Gasteiger partial charge >= 0.3 is 0 Å². The van der Waals surface area contributed by atoms with Gasteiger partial charge in [-0.1, -0.05) is 11.6 Å². The highest BCUT2D eigenvalue weighted by Crippen LogP contribution is 2.40. The SMILES string of the molecule is O[C@@H]1CN(Cc2cc(Cl)c3c(c2)OCO3)C[C@@H]1O. The number of nitrogens with zero attached hydrogens (tertiary/aromatic N) is 1. The maximum Gasteiger partial charge on any atom is 0.231 e. The molecule has 1 aromatic carbocycles. The maximum atomic E-state index is 9.49. The van der Waals surface area contributed by atoms with Gasteiger partial charge in [0.05, 0.1) is 17.2 Å². The normalized spacial score (nSPS) is 26.8. The fourth-order valence-electron chi connectivity index (χ4n) is 2.35. The third-order valence-corrected chi connectivity index (χ3v) is 3.51. The van der Waals surface area contributed by atoms with E-state index in [0.29, 0.717) is 36.2 Å². The second-order valence-electron chi connectivity index (χ2n) is 4.64. The van der Waals surface area contributed by atoms with Gasteiger partial charge in [-0.05, 0) is 17.7 Å². The van der Waals surface area contributed by atoms with Crippen LogP contribution in [0.15, 0.2) is 12.1 Å². The molecule has 3 rings (SSSR count). The van der Waals surface area contributed by atoms with E-state index in [9.17, 15) is 10.2 Å². The Morgan fingerprint density at radius 1 is 1.22 bits per heavy atom. The van der Waals surface area contributed by atoms with E-state index in [2.05, 4.69) is 0 Å². The molecule has 1 aromatic rings. The number of aliphatic hydroxyl groups excluding tert-OH is 2. The molecular weight excluding hydrogens is 258 g/mol. The van der Waals surface area contributed by atoms with Gasteiger partial charge in [-0.15, -0.1) is 0 Å². The molecule has 5 nitrogen and oxygen atoms in total. The third-order valence-electron chi connectivity index (χ3n) is 3.23. The number of hydrogen-bond donors (Lipinski definition) is 2. The largest absolute Gasteiger partial charge is 0.454 e. The van der Waals surface area contributed by atoms with Gasteiger partial charge in [0.25, 0.3) is 0 Å². The zero-order valence-corrected chi connectivity index (χ0v) is 10.4. The lowest BCUT2D eigenvalue weighted by Crippen LogP contribution is -2.22. The molecule has 0 amide bonds. The fourth-order valence-corrected chi connectivity index (χ4v) is 2.63. The van der Waals surface area contributed by atoms with Crippen molar-refractivity contribution < 1.29 is 19.7 Å². The van der Waals surface area contributed by atoms with Crippen LogP contribution in [-0.4, -0.2) is 47.2 Å². The monoisotopic (exact) mass is 271 g/mol. The molecular formula is C12H14ClNO4. The Kier molecular flexibility index (Phi) is 3.07. The Morgan fingerprint density at radius 2 is 1.94 bits per heavy atom. The minimum absolute atomic E-state index is 0.194. The van der Waals surface area contributed by atoms with Crippen molar-refractivity contribution in [3.8, 4) is 11.5 Å². The predicted molar refractivity (Wildman–Crippen MR) is 64.9 cm³/mol. The number of benzene rings is 1. The molecule has 1 saturated heterocycles. The van der Waals surface area contributed by atoms with Gasteiger partial charge in [0.1, 0.15) is 0 Å². The van der Waals surface area contributed by atoms with E-state index < -0.39 is 12.2 Å². The van der Waals surface area contributed by atoms with E-state index >= 15 is 0 Å². The first-order valence-electron chi connectivity index (χ1n) is 5.80. The molecule has 0 aliphatic carbocycles. The molecule has 0 aromatic heterocycles. The summed E-state index contributed by atoms with van der Waals surface area (Å²) in [7, 11) is 0. The van der Waals surface area contributed by atoms with Crippen molar-refractivity contribution in [3.05, 3.63) is 22.7 Å². The Bertz CT molecular complexity index is 458. The molecule has 2 aliphatic rings. The minimum atomic E-state index is -0.672. The zero-order chi connectivity index (χ0) is 12.7. The highest BCUT2D eigenvalue weighted by Gasteiger charge is 2.29. The lowest BCUT2D eigenvalue weighted by atomic mass is 10.2. The van der Waals surface area contributed by atoms with Gasteiger partial charge < -0.3 is 19.7 Å². The van der Waals surface area contributed by atoms with E-state index in [0.717, 1.165) is 5.56 Å². The van der Waals surface area contributed by atoms with Crippen molar-refractivity contribution in [2.45, 2.75) is 18.8 Å². The van der Waals surface area contributed by atoms with E-state index in [-0.39, 0.29) is 6.79 Å². The second kappa shape index (κ2) is 4.59. The summed E-state index contributed by atoms with van der Waals surface area (Å²) >= 11 is 6.10. The average Bonchev–Trinajstić information content (AvgIpc) is 2.87. The molecule has 1 fully saturated rings. The lowest BCUT2D eigenvalue weighted by Gasteiger charge is -2.15. The first-order chi connectivity index (χ1) is 8.63. The number of hydrogen-bond acceptors (Lipinski definition) is 5. The molecule has 2 aliphatic heterocycles. The van der Waals surface area contributed by atoms with Crippen LogP contribution in [0.1, 0.15) is 5.56 Å². The molecule has 6 heteroatoms. The molecule has 98 valence electrons. The highest BCUT2D eigenvalue weighted by atomic mass is 35.5. The second-order valence-corrected chi connectivity index (χ2v) is 5.05. The van der Waals surface area contributed by atoms with Crippen molar-refractivity contribution in [1.29, 1.82) is 0 Å². The van der Waals surface area contributed by atoms with Crippen LogP contribution in [0.4, 0.5) is 0 Å². The van der Waals surface area contributed by atoms with Gasteiger partial charge in [0, 0.05) is 19.6 Å². The summed E-state index contributed by atoms with van der Waals surface area (Å²) in [6.07, 6.45) is -1.34. The number of β-amino-alcohol motifs (C(OH)–C–C–N with tert-alkyl or cyclic N) is 2. The summed E-state index contributed by atoms with van der Waals surface area (Å²) in [6, 6.07) is 3.71. The van der Waals surface area contributed by atoms with Crippen LogP contribution in [0.5, 0.6) is 11.5 Å². The van der Waals surface area contributed by atoms with Crippen molar-refractivity contribution in [2.24, 2.45) is 0 Å². The van der Waals surface area contributed by atoms with Crippen LogP contribution in [0.25, 0.3) is 0 Å². The Hall–Kier alpha value is -1.01. The van der Waals surface area contributed by atoms with Crippen LogP contribution in [0.3, 0.4) is 0 Å². The fraction of sp³-hybridized carbons (Fsp3) is 0.500. The number of aliphatic hydroxyl groups is 2. The van der Waals surface area contributed by atoms with Crippen molar-refractivity contribution in [1.82, 2.24) is 4.90 Å². The van der Waals surface area contributed by atoms with Crippen LogP contribution in [0.2, 0.25) is 5.02 Å². The summed E-state index contributed by atoms with van der Waals surface area (Å²) in [4.78, 5) is 1.98. The maximum absolute atomic E-state index is 9.49. The summed E-state index contributed by atoms with van der Waals surface area (Å²) in [6.45, 7) is 1.74. The quantitative estimate of drug-likeness (QED) is 0.825. The third kappa shape index (κ3) is 2.14. The first kappa shape index (κ1) is 12.0. The first-order valence-corrected chi connectivity index (χ1v) is 6.18. The molecule has 2 atom stereocenters. The molecule has 18 heavy (non-hydrogen) atoms. The van der Waals surface area contributed by atoms with Crippen LogP contribution < -0.4 is 9.47 Å². The van der Waals surface area contributed by atoms with Crippen LogP contribution >= 0.6 is 11.6 Å². The number of halogens is 1. The van der Waals surface area contributed by atoms with E-state index in [1.165, 1.54) is 0 Å². The molecule has 2 heterocycles. The number of fused-ring (bicyclic) bond motifs is 1. The molecule has 0 unspecified atom stereocenters.